The third-order valence-corrected chi connectivity index (χ3v) is 5.37. The zero-order chi connectivity index (χ0) is 21.7. The molecular formula is C25H30N2O2S. The van der Waals surface area contributed by atoms with E-state index in [1.165, 1.54) is 11.1 Å². The minimum Gasteiger partial charge on any atom is -0.495 e. The molecule has 0 unspecified atom stereocenters. The van der Waals surface area contributed by atoms with E-state index in [1.54, 1.807) is 13.4 Å². The van der Waals surface area contributed by atoms with Gasteiger partial charge in [-0.15, -0.1) is 0 Å². The highest BCUT2D eigenvalue weighted by molar-refractivity contribution is 7.80. The maximum Gasteiger partial charge on any atom is 0.174 e. The van der Waals surface area contributed by atoms with Crippen LogP contribution in [0.15, 0.2) is 65.3 Å². The van der Waals surface area contributed by atoms with Gasteiger partial charge in [0.1, 0.15) is 11.5 Å². The first-order valence-electron chi connectivity index (χ1n) is 10.1. The summed E-state index contributed by atoms with van der Waals surface area (Å²) < 4.78 is 11.1. The van der Waals surface area contributed by atoms with Crippen molar-refractivity contribution in [2.24, 2.45) is 0 Å². The van der Waals surface area contributed by atoms with Gasteiger partial charge >= 0.3 is 0 Å². The molecule has 0 atom stereocenters. The minimum absolute atomic E-state index is 0.130. The number of nitrogens with zero attached hydrogens (tertiary/aromatic N) is 1. The van der Waals surface area contributed by atoms with Crippen LogP contribution in [-0.2, 0) is 18.5 Å². The lowest BCUT2D eigenvalue weighted by Gasteiger charge is -2.26. The lowest BCUT2D eigenvalue weighted by Crippen LogP contribution is -2.33. The number of nitrogens with one attached hydrogen (secondary N) is 1. The van der Waals surface area contributed by atoms with E-state index in [4.69, 9.17) is 21.4 Å². The zero-order valence-electron chi connectivity index (χ0n) is 18.4. The van der Waals surface area contributed by atoms with E-state index in [9.17, 15) is 0 Å². The fourth-order valence-electron chi connectivity index (χ4n) is 3.22. The van der Waals surface area contributed by atoms with Gasteiger partial charge in [0, 0.05) is 6.54 Å². The summed E-state index contributed by atoms with van der Waals surface area (Å²) >= 11 is 5.77. The summed E-state index contributed by atoms with van der Waals surface area (Å²) in [6.07, 6.45) is 1.69. The van der Waals surface area contributed by atoms with Gasteiger partial charge in [-0.2, -0.15) is 0 Å². The monoisotopic (exact) mass is 422 g/mol. The first-order chi connectivity index (χ1) is 14.3. The number of ether oxygens (including phenoxy) is 1. The predicted octanol–water partition coefficient (Wildman–Crippen LogP) is 6.29. The van der Waals surface area contributed by atoms with Gasteiger partial charge in [0.2, 0.25) is 0 Å². The van der Waals surface area contributed by atoms with Crippen LogP contribution in [0.3, 0.4) is 0 Å². The van der Waals surface area contributed by atoms with Gasteiger partial charge in [0.05, 0.1) is 25.6 Å². The molecule has 0 amide bonds. The molecule has 3 rings (SSSR count). The van der Waals surface area contributed by atoms with Crippen LogP contribution in [0, 0.1) is 6.92 Å². The molecule has 1 heterocycles. The summed E-state index contributed by atoms with van der Waals surface area (Å²) in [6.45, 7) is 9.95. The molecule has 158 valence electrons. The second-order valence-corrected chi connectivity index (χ2v) is 8.90. The third-order valence-electron chi connectivity index (χ3n) is 5.01. The summed E-state index contributed by atoms with van der Waals surface area (Å²) in [4.78, 5) is 2.10. The molecule has 0 spiro atoms. The Morgan fingerprint density at radius 1 is 1.07 bits per heavy atom. The van der Waals surface area contributed by atoms with Gasteiger partial charge in [0.25, 0.3) is 0 Å². The maximum absolute atomic E-state index is 5.77. The van der Waals surface area contributed by atoms with Crippen LogP contribution < -0.4 is 10.1 Å². The normalized spacial score (nSPS) is 11.2. The Labute approximate surface area is 184 Å². The Kier molecular flexibility index (Phi) is 6.83. The van der Waals surface area contributed by atoms with E-state index in [2.05, 4.69) is 55.3 Å². The predicted molar refractivity (Wildman–Crippen MR) is 127 cm³/mol. The quantitative estimate of drug-likeness (QED) is 0.472. The van der Waals surface area contributed by atoms with Crippen molar-refractivity contribution in [3.63, 3.8) is 0 Å². The summed E-state index contributed by atoms with van der Waals surface area (Å²) in [5.74, 6) is 1.63. The lowest BCUT2D eigenvalue weighted by molar-refractivity contribution is 0.360. The molecule has 0 saturated heterocycles. The van der Waals surface area contributed by atoms with Crippen LogP contribution in [0.2, 0.25) is 0 Å². The third kappa shape index (κ3) is 5.63. The van der Waals surface area contributed by atoms with Crippen molar-refractivity contribution in [3.8, 4) is 5.75 Å². The van der Waals surface area contributed by atoms with Gasteiger partial charge in [-0.3, -0.25) is 0 Å². The van der Waals surface area contributed by atoms with Gasteiger partial charge in [-0.05, 0) is 65.5 Å². The number of aryl methyl sites for hydroxylation is 1. The van der Waals surface area contributed by atoms with Crippen LogP contribution >= 0.6 is 12.2 Å². The molecule has 0 bridgehead atoms. The average Bonchev–Trinajstić information content (AvgIpc) is 3.21. The molecule has 5 heteroatoms. The second-order valence-electron chi connectivity index (χ2n) is 8.52. The van der Waals surface area contributed by atoms with Gasteiger partial charge in [-0.25, -0.2) is 0 Å². The Morgan fingerprint density at radius 3 is 2.40 bits per heavy atom. The fraction of sp³-hybridized carbons (Fsp3) is 0.320. The summed E-state index contributed by atoms with van der Waals surface area (Å²) in [7, 11) is 1.67. The molecule has 3 aromatic rings. The van der Waals surface area contributed by atoms with Crippen LogP contribution in [0.5, 0.6) is 5.75 Å². The van der Waals surface area contributed by atoms with Gasteiger partial charge in [0.15, 0.2) is 5.11 Å². The number of rotatable bonds is 6. The van der Waals surface area contributed by atoms with E-state index in [-0.39, 0.29) is 5.41 Å². The van der Waals surface area contributed by atoms with E-state index >= 15 is 0 Å². The van der Waals surface area contributed by atoms with E-state index < -0.39 is 0 Å². The molecule has 1 aromatic heterocycles. The second kappa shape index (κ2) is 9.35. The molecule has 0 fully saturated rings. The Bertz CT molecular complexity index is 973. The van der Waals surface area contributed by atoms with Crippen molar-refractivity contribution in [2.75, 3.05) is 12.4 Å². The van der Waals surface area contributed by atoms with Gasteiger partial charge in [-0.1, -0.05) is 51.1 Å². The van der Waals surface area contributed by atoms with Crippen molar-refractivity contribution in [2.45, 2.75) is 46.2 Å². The summed E-state index contributed by atoms with van der Waals surface area (Å²) in [6, 6.07) is 18.6. The Morgan fingerprint density at radius 2 is 1.80 bits per heavy atom. The molecule has 0 radical (unpaired) electrons. The lowest BCUT2D eigenvalue weighted by atomic mass is 9.87. The average molecular weight is 423 g/mol. The Hall–Kier alpha value is -2.79. The van der Waals surface area contributed by atoms with E-state index in [1.807, 2.05) is 37.3 Å². The molecule has 0 aliphatic rings. The number of thiocarbonyl (C=S) groups is 1. The van der Waals surface area contributed by atoms with Crippen molar-refractivity contribution in [1.82, 2.24) is 4.90 Å². The number of anilines is 1. The number of furan rings is 1. The van der Waals surface area contributed by atoms with E-state index in [0.29, 0.717) is 18.2 Å². The first-order valence-corrected chi connectivity index (χ1v) is 10.5. The van der Waals surface area contributed by atoms with Crippen molar-refractivity contribution in [1.29, 1.82) is 0 Å². The topological polar surface area (TPSA) is 37.6 Å². The minimum atomic E-state index is 0.130. The highest BCUT2D eigenvalue weighted by Crippen LogP contribution is 2.27. The molecule has 2 aromatic carbocycles. The Balaban J connectivity index is 1.81. The number of benzene rings is 2. The molecule has 30 heavy (non-hydrogen) atoms. The molecule has 4 nitrogen and oxygen atoms in total. The summed E-state index contributed by atoms with van der Waals surface area (Å²) in [5, 5.41) is 3.97. The zero-order valence-corrected chi connectivity index (χ0v) is 19.2. The fourth-order valence-corrected chi connectivity index (χ4v) is 3.46. The summed E-state index contributed by atoms with van der Waals surface area (Å²) in [5.41, 5.74) is 4.62. The largest absolute Gasteiger partial charge is 0.495 e. The molecule has 0 aliphatic carbocycles. The van der Waals surface area contributed by atoms with Crippen LogP contribution in [-0.4, -0.2) is 17.1 Å². The maximum atomic E-state index is 5.77. The van der Waals surface area contributed by atoms with Crippen LogP contribution in [0.25, 0.3) is 0 Å². The molecule has 0 aliphatic heterocycles. The van der Waals surface area contributed by atoms with Crippen molar-refractivity contribution in [3.05, 3.63) is 83.3 Å². The smallest absolute Gasteiger partial charge is 0.174 e. The van der Waals surface area contributed by atoms with Crippen LogP contribution in [0.4, 0.5) is 5.69 Å². The first kappa shape index (κ1) is 21.9. The SMILES string of the molecule is COc1cc(C)ccc1NC(=S)N(Cc1ccc(C(C)(C)C)cc1)Cc1ccco1. The van der Waals surface area contributed by atoms with Gasteiger partial charge < -0.3 is 19.4 Å². The highest BCUT2D eigenvalue weighted by Gasteiger charge is 2.17. The number of methoxy groups -OCH3 is 1. The number of hydrogen-bond donors (Lipinski definition) is 1. The molecule has 1 N–H and O–H groups in total. The standard InChI is InChI=1S/C25H30N2O2S/c1-18-8-13-22(23(15-18)28-5)26-24(30)27(17-21-7-6-14-29-21)16-19-9-11-20(12-10-19)25(2,3)4/h6-15H,16-17H2,1-5H3,(H,26,30). The molecular weight excluding hydrogens is 392 g/mol. The molecule has 0 saturated carbocycles. The number of hydrogen-bond acceptors (Lipinski definition) is 3. The van der Waals surface area contributed by atoms with Crippen molar-refractivity contribution >= 4 is 23.0 Å². The highest BCUT2D eigenvalue weighted by atomic mass is 32.1. The van der Waals surface area contributed by atoms with Crippen molar-refractivity contribution < 1.29 is 9.15 Å². The van der Waals surface area contributed by atoms with Crippen LogP contribution in [0.1, 0.15) is 43.2 Å². The van der Waals surface area contributed by atoms with E-state index in [0.717, 1.165) is 22.8 Å².